The van der Waals surface area contributed by atoms with Gasteiger partial charge in [-0.2, -0.15) is 0 Å². The van der Waals surface area contributed by atoms with Crippen LogP contribution in [0.3, 0.4) is 0 Å². The summed E-state index contributed by atoms with van der Waals surface area (Å²) in [7, 11) is 1.59. The number of methoxy groups -OCH3 is 1. The van der Waals surface area contributed by atoms with Crippen LogP contribution in [0.1, 0.15) is 37.3 Å². The van der Waals surface area contributed by atoms with Crippen molar-refractivity contribution in [3.05, 3.63) is 23.3 Å². The van der Waals surface area contributed by atoms with Gasteiger partial charge in [-0.1, -0.05) is 6.07 Å². The summed E-state index contributed by atoms with van der Waals surface area (Å²) in [5.74, 6) is 1.27. The third kappa shape index (κ3) is 1.10. The molecular formula is C19H19NO5. The Hall–Kier alpha value is -2.08. The molecule has 2 aliphatic heterocycles. The molecule has 5 aliphatic rings. The van der Waals surface area contributed by atoms with E-state index in [2.05, 4.69) is 0 Å². The average molecular weight is 341 g/mol. The lowest BCUT2D eigenvalue weighted by Gasteiger charge is -2.54. The summed E-state index contributed by atoms with van der Waals surface area (Å²) in [5, 5.41) is 12.0. The van der Waals surface area contributed by atoms with Crippen molar-refractivity contribution < 1.29 is 24.2 Å². The quantitative estimate of drug-likeness (QED) is 0.762. The van der Waals surface area contributed by atoms with E-state index < -0.39 is 22.7 Å². The first-order valence-electron chi connectivity index (χ1n) is 8.84. The molecule has 1 saturated heterocycles. The van der Waals surface area contributed by atoms with E-state index in [1.807, 2.05) is 17.0 Å². The van der Waals surface area contributed by atoms with Gasteiger partial charge >= 0.3 is 0 Å². The highest BCUT2D eigenvalue weighted by atomic mass is 16.5. The first kappa shape index (κ1) is 14.1. The summed E-state index contributed by atoms with van der Waals surface area (Å²) in [6.45, 7) is 1.56. The van der Waals surface area contributed by atoms with Crippen LogP contribution < -0.4 is 9.47 Å². The van der Waals surface area contributed by atoms with Crippen molar-refractivity contribution in [1.29, 1.82) is 0 Å². The molecule has 2 saturated carbocycles. The maximum atomic E-state index is 12.7. The van der Waals surface area contributed by atoms with Crippen molar-refractivity contribution in [2.24, 2.45) is 0 Å². The number of rotatable bonds is 1. The van der Waals surface area contributed by atoms with Gasteiger partial charge in [0.05, 0.1) is 24.1 Å². The average Bonchev–Trinajstić information content (AvgIpc) is 3.01. The van der Waals surface area contributed by atoms with Gasteiger partial charge in [-0.25, -0.2) is 0 Å². The molecule has 6 heteroatoms. The Kier molecular flexibility index (Phi) is 2.09. The van der Waals surface area contributed by atoms with Gasteiger partial charge in [0, 0.05) is 25.3 Å². The predicted octanol–water partition coefficient (Wildman–Crippen LogP) is 0.717. The standard InChI is InChI=1S/C19H19NO5/c1-9(21)20-13-8-17-14-10-3-4-12(24-2)15(14)25-16(17)11(22)5-6-19(17,23)18(13,20)7-10/h3-4,13,16,23H,5-8H2,1-2H3/t13?,16-,17?,18?,19-,20?/m1/s1. The lowest BCUT2D eigenvalue weighted by atomic mass is 9.53. The van der Waals surface area contributed by atoms with Crippen LogP contribution in [0.15, 0.2) is 12.1 Å². The minimum Gasteiger partial charge on any atom is -0.493 e. The van der Waals surface area contributed by atoms with Crippen LogP contribution >= 0.6 is 0 Å². The fraction of sp³-hybridized carbons (Fsp3) is 0.579. The van der Waals surface area contributed by atoms with E-state index in [4.69, 9.17) is 9.47 Å². The van der Waals surface area contributed by atoms with Gasteiger partial charge in [0.15, 0.2) is 23.4 Å². The van der Waals surface area contributed by atoms with Crippen molar-refractivity contribution in [2.45, 2.75) is 61.3 Å². The molecule has 0 radical (unpaired) electrons. The van der Waals surface area contributed by atoms with Crippen molar-refractivity contribution in [3.63, 3.8) is 0 Å². The number of ether oxygens (including phenoxy) is 2. The van der Waals surface area contributed by atoms with Crippen LogP contribution in [0.5, 0.6) is 11.5 Å². The highest BCUT2D eigenvalue weighted by Gasteiger charge is 2.90. The first-order valence-corrected chi connectivity index (χ1v) is 8.84. The van der Waals surface area contributed by atoms with Crippen LogP contribution in [0.2, 0.25) is 0 Å². The van der Waals surface area contributed by atoms with Crippen molar-refractivity contribution in [2.75, 3.05) is 7.11 Å². The van der Waals surface area contributed by atoms with Crippen LogP contribution in [-0.2, 0) is 21.4 Å². The normalized spacial score (nSPS) is 44.1. The lowest BCUT2D eigenvalue weighted by molar-refractivity contribution is -0.161. The molecule has 2 spiro atoms. The highest BCUT2D eigenvalue weighted by molar-refractivity contribution is 5.92. The van der Waals surface area contributed by atoms with Crippen molar-refractivity contribution in [3.8, 4) is 11.5 Å². The molecule has 1 amide bonds. The zero-order valence-corrected chi connectivity index (χ0v) is 14.2. The zero-order chi connectivity index (χ0) is 17.4. The molecule has 3 aliphatic carbocycles. The molecule has 130 valence electrons. The summed E-state index contributed by atoms with van der Waals surface area (Å²) in [6, 6.07) is 3.85. The summed E-state index contributed by atoms with van der Waals surface area (Å²) < 4.78 is 11.6. The number of amides is 1. The number of likely N-dealkylation sites (tertiary alicyclic amines) is 1. The molecule has 6 nitrogen and oxygen atoms in total. The highest BCUT2D eigenvalue weighted by Crippen LogP contribution is 2.77. The molecule has 3 unspecified atom stereocenters. The molecule has 5 atom stereocenters. The van der Waals surface area contributed by atoms with Crippen LogP contribution in [0, 0.1) is 0 Å². The Morgan fingerprint density at radius 2 is 2.24 bits per heavy atom. The number of carbonyl (C=O) groups is 2. The lowest BCUT2D eigenvalue weighted by Crippen LogP contribution is -2.70. The number of nitrogens with zero attached hydrogens (tertiary/aromatic N) is 1. The maximum Gasteiger partial charge on any atom is 0.220 e. The number of aliphatic hydroxyl groups is 1. The Morgan fingerprint density at radius 1 is 1.44 bits per heavy atom. The van der Waals surface area contributed by atoms with Crippen molar-refractivity contribution >= 4 is 11.7 Å². The van der Waals surface area contributed by atoms with E-state index >= 15 is 0 Å². The van der Waals surface area contributed by atoms with E-state index in [0.717, 1.165) is 11.1 Å². The Balaban J connectivity index is 1.69. The van der Waals surface area contributed by atoms with E-state index in [0.29, 0.717) is 30.8 Å². The summed E-state index contributed by atoms with van der Waals surface area (Å²) >= 11 is 0. The second-order valence-corrected chi connectivity index (χ2v) is 8.14. The summed E-state index contributed by atoms with van der Waals surface area (Å²) in [4.78, 5) is 26.8. The molecule has 2 heterocycles. The molecule has 25 heavy (non-hydrogen) atoms. The third-order valence-electron chi connectivity index (χ3n) is 7.58. The number of benzene rings is 1. The molecule has 6 rings (SSSR count). The van der Waals surface area contributed by atoms with Gasteiger partial charge in [-0.05, 0) is 24.5 Å². The van der Waals surface area contributed by atoms with Gasteiger partial charge in [0.1, 0.15) is 5.60 Å². The SMILES string of the molecule is COc1ccc2c3c1O[C@@H]1C(=O)CC[C@@]4(O)C31CC1N(C(C)=O)C14C2. The largest absolute Gasteiger partial charge is 0.493 e. The molecule has 2 bridgehead atoms. The molecule has 1 N–H and O–H groups in total. The topological polar surface area (TPSA) is 75.8 Å². The summed E-state index contributed by atoms with van der Waals surface area (Å²) in [5.41, 5.74) is -0.405. The van der Waals surface area contributed by atoms with E-state index in [9.17, 15) is 14.7 Å². The minimum atomic E-state index is -1.11. The predicted molar refractivity (Wildman–Crippen MR) is 85.6 cm³/mol. The Labute approximate surface area is 144 Å². The molecule has 3 fully saturated rings. The van der Waals surface area contributed by atoms with E-state index in [1.165, 1.54) is 0 Å². The first-order chi connectivity index (χ1) is 11.9. The molecular weight excluding hydrogens is 322 g/mol. The van der Waals surface area contributed by atoms with Crippen LogP contribution in [-0.4, -0.2) is 52.1 Å². The van der Waals surface area contributed by atoms with E-state index in [-0.39, 0.29) is 24.2 Å². The monoisotopic (exact) mass is 341 g/mol. The maximum absolute atomic E-state index is 12.7. The van der Waals surface area contributed by atoms with Crippen LogP contribution in [0.25, 0.3) is 0 Å². The number of piperidine rings is 1. The second kappa shape index (κ2) is 3.70. The number of hydrogen-bond acceptors (Lipinski definition) is 5. The third-order valence-corrected chi connectivity index (χ3v) is 7.58. The van der Waals surface area contributed by atoms with Gasteiger partial charge in [0.2, 0.25) is 5.91 Å². The number of carbonyl (C=O) groups excluding carboxylic acids is 2. The Bertz CT molecular complexity index is 896. The zero-order valence-electron chi connectivity index (χ0n) is 14.2. The number of hydrogen-bond donors (Lipinski definition) is 1. The van der Waals surface area contributed by atoms with Gasteiger partial charge in [-0.3, -0.25) is 9.59 Å². The van der Waals surface area contributed by atoms with Crippen LogP contribution in [0.4, 0.5) is 0 Å². The van der Waals surface area contributed by atoms with Gasteiger partial charge in [-0.15, -0.1) is 0 Å². The van der Waals surface area contributed by atoms with Crippen molar-refractivity contribution in [1.82, 2.24) is 4.90 Å². The fourth-order valence-corrected chi connectivity index (χ4v) is 6.84. The molecule has 1 aromatic rings. The Morgan fingerprint density at radius 3 is 2.96 bits per heavy atom. The number of Topliss-reactive ketones (excluding diaryl/α,β-unsaturated/α-hetero) is 1. The minimum absolute atomic E-state index is 0.00201. The van der Waals surface area contributed by atoms with Gasteiger partial charge in [0.25, 0.3) is 0 Å². The summed E-state index contributed by atoms with van der Waals surface area (Å²) in [6.07, 6.45) is 1.21. The second-order valence-electron chi connectivity index (χ2n) is 8.14. The fourth-order valence-electron chi connectivity index (χ4n) is 6.84. The molecule has 0 aromatic heterocycles. The molecule has 1 aromatic carbocycles. The van der Waals surface area contributed by atoms with E-state index in [1.54, 1.807) is 14.0 Å². The number of ketones is 1. The smallest absolute Gasteiger partial charge is 0.220 e. The van der Waals surface area contributed by atoms with Gasteiger partial charge < -0.3 is 19.5 Å².